The molecular formula is C30H40N2O4. The number of likely N-dealkylation sites (N-methyl/N-ethyl adjacent to an activating group) is 1. The van der Waals surface area contributed by atoms with Gasteiger partial charge in [0, 0.05) is 5.57 Å². The van der Waals surface area contributed by atoms with E-state index in [9.17, 15) is 14.7 Å². The zero-order valence-corrected chi connectivity index (χ0v) is 22.7. The monoisotopic (exact) mass is 492 g/mol. The quantitative estimate of drug-likeness (QED) is 0.332. The Labute approximate surface area is 215 Å². The van der Waals surface area contributed by atoms with Gasteiger partial charge >= 0.3 is 0 Å². The van der Waals surface area contributed by atoms with Crippen molar-refractivity contribution in [2.75, 3.05) is 26.2 Å². The predicted molar refractivity (Wildman–Crippen MR) is 141 cm³/mol. The molecule has 1 heterocycles. The summed E-state index contributed by atoms with van der Waals surface area (Å²) in [7, 11) is 0. The molecule has 2 aromatic rings. The third-order valence-corrected chi connectivity index (χ3v) is 6.82. The van der Waals surface area contributed by atoms with Crippen molar-refractivity contribution in [3.05, 3.63) is 70.8 Å². The molecule has 1 aliphatic heterocycles. The lowest BCUT2D eigenvalue weighted by atomic mass is 9.85. The van der Waals surface area contributed by atoms with E-state index in [0.717, 1.165) is 24.2 Å². The number of ketones is 1. The van der Waals surface area contributed by atoms with Gasteiger partial charge in [-0.15, -0.1) is 0 Å². The zero-order chi connectivity index (χ0) is 26.6. The molecule has 1 amide bonds. The molecule has 36 heavy (non-hydrogen) atoms. The number of carbonyl (C=O) groups is 2. The van der Waals surface area contributed by atoms with Gasteiger partial charge in [0.25, 0.3) is 5.91 Å². The third kappa shape index (κ3) is 5.98. The van der Waals surface area contributed by atoms with Gasteiger partial charge in [0.2, 0.25) is 5.78 Å². The van der Waals surface area contributed by atoms with Crippen LogP contribution in [0.4, 0.5) is 0 Å². The number of nitrogens with zero attached hydrogens (tertiary/aromatic N) is 1. The van der Waals surface area contributed by atoms with Gasteiger partial charge in [-0.1, -0.05) is 62.9 Å². The second-order valence-electron chi connectivity index (χ2n) is 10.7. The van der Waals surface area contributed by atoms with Gasteiger partial charge in [-0.25, -0.2) is 0 Å². The van der Waals surface area contributed by atoms with Gasteiger partial charge in [-0.3, -0.25) is 9.59 Å². The second kappa shape index (κ2) is 11.3. The summed E-state index contributed by atoms with van der Waals surface area (Å²) in [5, 5.41) is 13.7. The third-order valence-electron chi connectivity index (χ3n) is 6.82. The molecule has 1 aliphatic rings. The molecule has 0 saturated carbocycles. The highest BCUT2D eigenvalue weighted by atomic mass is 16.5. The molecule has 194 valence electrons. The van der Waals surface area contributed by atoms with E-state index >= 15 is 0 Å². The Bertz CT molecular complexity index is 1090. The lowest BCUT2D eigenvalue weighted by Crippen LogP contribution is -3.12. The molecular weight excluding hydrogens is 452 g/mol. The van der Waals surface area contributed by atoms with E-state index in [1.165, 1.54) is 4.90 Å². The van der Waals surface area contributed by atoms with Crippen LogP contribution in [-0.4, -0.2) is 48.9 Å². The maximum atomic E-state index is 13.7. The lowest BCUT2D eigenvalue weighted by Gasteiger charge is -2.29. The van der Waals surface area contributed by atoms with Crippen molar-refractivity contribution < 1.29 is 24.3 Å². The van der Waals surface area contributed by atoms with Crippen LogP contribution in [0.15, 0.2) is 54.1 Å². The largest absolute Gasteiger partial charge is 0.872 e. The number of rotatable bonds is 9. The van der Waals surface area contributed by atoms with Crippen LogP contribution >= 0.6 is 0 Å². The van der Waals surface area contributed by atoms with E-state index in [2.05, 4.69) is 34.6 Å². The van der Waals surface area contributed by atoms with Gasteiger partial charge in [0.15, 0.2) is 0 Å². The SMILES string of the molecule is CC[NH+](CC)CCN1C(=O)C(=O)C(=C([O-])c2ccc(OC(C)C)cc2)C1c1ccc(C(C)(C)C)cc1. The average molecular weight is 493 g/mol. The Morgan fingerprint density at radius 2 is 1.58 bits per heavy atom. The Morgan fingerprint density at radius 1 is 1.00 bits per heavy atom. The fraction of sp³-hybridized carbons (Fsp3) is 0.467. The summed E-state index contributed by atoms with van der Waals surface area (Å²) in [5.41, 5.74) is 2.29. The number of hydrogen-bond donors (Lipinski definition) is 1. The summed E-state index contributed by atoms with van der Waals surface area (Å²) in [4.78, 5) is 29.4. The molecule has 1 fully saturated rings. The van der Waals surface area contributed by atoms with Gasteiger partial charge in [-0.2, -0.15) is 0 Å². The van der Waals surface area contributed by atoms with Crippen molar-refractivity contribution >= 4 is 17.4 Å². The summed E-state index contributed by atoms with van der Waals surface area (Å²) in [6.07, 6.45) is 0.0110. The summed E-state index contributed by atoms with van der Waals surface area (Å²) < 4.78 is 5.68. The van der Waals surface area contributed by atoms with Crippen LogP contribution in [0.25, 0.3) is 5.76 Å². The maximum absolute atomic E-state index is 13.7. The standard InChI is InChI=1S/C30H40N2O4/c1-8-31(9-2)18-19-32-26(21-10-14-23(15-11-21)30(5,6)7)25(28(34)29(32)35)27(33)22-12-16-24(17-13-22)36-20(3)4/h10-17,20,26,33H,8-9,18-19H2,1-7H3. The van der Waals surface area contributed by atoms with Crippen LogP contribution < -0.4 is 14.7 Å². The number of Topliss-reactive ketones (excluding diaryl/α,β-unsaturated/α-hetero) is 1. The molecule has 3 rings (SSSR count). The van der Waals surface area contributed by atoms with Crippen LogP contribution in [0.2, 0.25) is 0 Å². The maximum Gasteiger partial charge on any atom is 0.295 e. The first-order valence-corrected chi connectivity index (χ1v) is 12.9. The second-order valence-corrected chi connectivity index (χ2v) is 10.7. The molecule has 0 aromatic heterocycles. The summed E-state index contributed by atoms with van der Waals surface area (Å²) >= 11 is 0. The number of ether oxygens (including phenoxy) is 1. The molecule has 1 unspecified atom stereocenters. The molecule has 2 aromatic carbocycles. The van der Waals surface area contributed by atoms with E-state index in [1.54, 1.807) is 29.2 Å². The van der Waals surface area contributed by atoms with E-state index in [0.29, 0.717) is 24.4 Å². The highest BCUT2D eigenvalue weighted by Gasteiger charge is 2.44. The normalized spacial score (nSPS) is 17.9. The van der Waals surface area contributed by atoms with Crippen molar-refractivity contribution in [2.45, 2.75) is 66.0 Å². The van der Waals surface area contributed by atoms with E-state index < -0.39 is 23.5 Å². The van der Waals surface area contributed by atoms with Crippen molar-refractivity contribution in [3.63, 3.8) is 0 Å². The van der Waals surface area contributed by atoms with Gasteiger partial charge in [0.05, 0.1) is 38.3 Å². The van der Waals surface area contributed by atoms with Gasteiger partial charge < -0.3 is 19.6 Å². The minimum absolute atomic E-state index is 0.0110. The number of quaternary nitrogens is 1. The molecule has 0 radical (unpaired) electrons. The topological polar surface area (TPSA) is 74.1 Å². The number of likely N-dealkylation sites (tertiary alicyclic amines) is 1. The molecule has 1 saturated heterocycles. The Kier molecular flexibility index (Phi) is 8.62. The lowest BCUT2D eigenvalue weighted by molar-refractivity contribution is -0.895. The molecule has 0 aliphatic carbocycles. The van der Waals surface area contributed by atoms with Gasteiger partial charge in [-0.05, 0) is 61.9 Å². The van der Waals surface area contributed by atoms with E-state index in [-0.39, 0.29) is 17.1 Å². The summed E-state index contributed by atoms with van der Waals surface area (Å²) in [6, 6.07) is 14.0. The number of nitrogens with one attached hydrogen (secondary N) is 1. The van der Waals surface area contributed by atoms with Crippen LogP contribution in [-0.2, 0) is 15.0 Å². The molecule has 0 spiro atoms. The minimum Gasteiger partial charge on any atom is -0.872 e. The number of amides is 1. The first kappa shape index (κ1) is 27.5. The fourth-order valence-electron chi connectivity index (χ4n) is 4.61. The number of benzene rings is 2. The Balaban J connectivity index is 2.07. The first-order valence-electron chi connectivity index (χ1n) is 12.9. The number of hydrogen-bond acceptors (Lipinski definition) is 4. The highest BCUT2D eigenvalue weighted by Crippen LogP contribution is 2.39. The fourth-order valence-corrected chi connectivity index (χ4v) is 4.61. The molecule has 1 N–H and O–H groups in total. The predicted octanol–water partition coefficient (Wildman–Crippen LogP) is 2.92. The van der Waals surface area contributed by atoms with Crippen molar-refractivity contribution in [3.8, 4) is 5.75 Å². The average Bonchev–Trinajstić information content (AvgIpc) is 3.09. The molecule has 6 heteroatoms. The molecule has 1 atom stereocenters. The smallest absolute Gasteiger partial charge is 0.295 e. The minimum atomic E-state index is -0.707. The molecule has 6 nitrogen and oxygen atoms in total. The Morgan fingerprint density at radius 3 is 2.08 bits per heavy atom. The van der Waals surface area contributed by atoms with Crippen molar-refractivity contribution in [2.24, 2.45) is 0 Å². The zero-order valence-electron chi connectivity index (χ0n) is 22.7. The van der Waals surface area contributed by atoms with Crippen molar-refractivity contribution in [1.82, 2.24) is 4.90 Å². The Hall–Kier alpha value is -3.12. The number of carbonyl (C=O) groups excluding carboxylic acids is 2. The highest BCUT2D eigenvalue weighted by molar-refractivity contribution is 6.46. The van der Waals surface area contributed by atoms with E-state index in [1.807, 2.05) is 38.1 Å². The van der Waals surface area contributed by atoms with Crippen LogP contribution in [0.3, 0.4) is 0 Å². The van der Waals surface area contributed by atoms with Crippen LogP contribution in [0, 0.1) is 0 Å². The summed E-state index contributed by atoms with van der Waals surface area (Å²) in [5.74, 6) is -1.07. The summed E-state index contributed by atoms with van der Waals surface area (Å²) in [6.45, 7) is 17.5. The van der Waals surface area contributed by atoms with Crippen LogP contribution in [0.5, 0.6) is 5.75 Å². The van der Waals surface area contributed by atoms with Gasteiger partial charge in [0.1, 0.15) is 5.75 Å². The van der Waals surface area contributed by atoms with Crippen LogP contribution in [0.1, 0.15) is 71.2 Å². The van der Waals surface area contributed by atoms with Crippen molar-refractivity contribution in [1.29, 1.82) is 0 Å². The first-order chi connectivity index (χ1) is 17.0. The molecule has 0 bridgehead atoms. The van der Waals surface area contributed by atoms with E-state index in [4.69, 9.17) is 4.74 Å².